The van der Waals surface area contributed by atoms with Gasteiger partial charge in [-0.15, -0.1) is 0 Å². The van der Waals surface area contributed by atoms with Gasteiger partial charge in [0, 0.05) is 18.4 Å². The van der Waals surface area contributed by atoms with Crippen LogP contribution in [0.4, 0.5) is 29.2 Å². The molecule has 27 heavy (non-hydrogen) atoms. The number of carbonyl (C=O) groups excluding carboxylic acids is 1. The molecule has 0 spiro atoms. The molecule has 0 atom stereocenters. The molecule has 0 aliphatic heterocycles. The maximum atomic E-state index is 13.8. The zero-order chi connectivity index (χ0) is 19.8. The molecular formula is C17H13F4N5O. The molecule has 3 aromatic rings. The summed E-state index contributed by atoms with van der Waals surface area (Å²) in [6.07, 6.45) is -2.02. The standard InChI is InChI=1S/C17H13F4N5O/c1-2-26(11-6-9(17(19,20)21)5-10(18)7-11)16-24-8-13-14(25-16)12(15(22)27)3-4-23-13/h3-8H,2H2,1H3,(H2,22,27). The summed E-state index contributed by atoms with van der Waals surface area (Å²) in [5.41, 5.74) is 4.66. The summed E-state index contributed by atoms with van der Waals surface area (Å²) in [4.78, 5) is 25.2. The Morgan fingerprint density at radius 1 is 1.22 bits per heavy atom. The molecule has 0 aliphatic rings. The third-order valence-corrected chi connectivity index (χ3v) is 3.81. The Kier molecular flexibility index (Phi) is 4.64. The van der Waals surface area contributed by atoms with Crippen molar-refractivity contribution in [3.05, 3.63) is 53.6 Å². The van der Waals surface area contributed by atoms with Gasteiger partial charge in [-0.05, 0) is 31.2 Å². The number of hydrogen-bond acceptors (Lipinski definition) is 5. The first kappa shape index (κ1) is 18.5. The molecule has 0 unspecified atom stereocenters. The summed E-state index contributed by atoms with van der Waals surface area (Å²) in [7, 11) is 0. The molecule has 1 aromatic carbocycles. The first-order valence-corrected chi connectivity index (χ1v) is 7.77. The normalized spacial score (nSPS) is 11.6. The zero-order valence-corrected chi connectivity index (χ0v) is 14.0. The van der Waals surface area contributed by atoms with Crippen molar-refractivity contribution in [2.75, 3.05) is 11.4 Å². The topological polar surface area (TPSA) is 85.0 Å². The fourth-order valence-electron chi connectivity index (χ4n) is 2.59. The summed E-state index contributed by atoms with van der Waals surface area (Å²) in [5, 5.41) is 0. The molecule has 0 fully saturated rings. The highest BCUT2D eigenvalue weighted by Gasteiger charge is 2.32. The highest BCUT2D eigenvalue weighted by atomic mass is 19.4. The molecule has 0 saturated carbocycles. The fourth-order valence-corrected chi connectivity index (χ4v) is 2.59. The first-order valence-electron chi connectivity index (χ1n) is 7.77. The lowest BCUT2D eigenvalue weighted by Crippen LogP contribution is -2.20. The molecule has 0 radical (unpaired) electrons. The summed E-state index contributed by atoms with van der Waals surface area (Å²) >= 11 is 0. The van der Waals surface area contributed by atoms with E-state index >= 15 is 0 Å². The molecule has 3 rings (SSSR count). The Balaban J connectivity index is 2.15. The number of pyridine rings is 1. The summed E-state index contributed by atoms with van der Waals surface area (Å²) in [6.45, 7) is 1.79. The van der Waals surface area contributed by atoms with Gasteiger partial charge >= 0.3 is 6.18 Å². The minimum absolute atomic E-state index is 0.0146. The van der Waals surface area contributed by atoms with E-state index in [2.05, 4.69) is 15.0 Å². The molecule has 2 aromatic heterocycles. The van der Waals surface area contributed by atoms with Gasteiger partial charge in [0.25, 0.3) is 5.91 Å². The summed E-state index contributed by atoms with van der Waals surface area (Å²) < 4.78 is 52.7. The van der Waals surface area contributed by atoms with E-state index in [9.17, 15) is 22.4 Å². The number of carbonyl (C=O) groups is 1. The number of primary amides is 1. The molecule has 0 saturated heterocycles. The van der Waals surface area contributed by atoms with Gasteiger partial charge in [-0.2, -0.15) is 13.2 Å². The van der Waals surface area contributed by atoms with E-state index < -0.39 is 23.5 Å². The van der Waals surface area contributed by atoms with Crippen LogP contribution in [0.1, 0.15) is 22.8 Å². The molecule has 2 heterocycles. The van der Waals surface area contributed by atoms with Crippen LogP contribution in [0.15, 0.2) is 36.7 Å². The number of halogens is 4. The zero-order valence-electron chi connectivity index (χ0n) is 14.0. The van der Waals surface area contributed by atoms with Gasteiger partial charge in [-0.1, -0.05) is 0 Å². The lowest BCUT2D eigenvalue weighted by atomic mass is 10.1. The third-order valence-electron chi connectivity index (χ3n) is 3.81. The van der Waals surface area contributed by atoms with Crippen molar-refractivity contribution in [2.24, 2.45) is 5.73 Å². The van der Waals surface area contributed by atoms with Gasteiger partial charge in [0.15, 0.2) is 0 Å². The van der Waals surface area contributed by atoms with E-state index in [1.54, 1.807) is 6.92 Å². The molecule has 2 N–H and O–H groups in total. The fraction of sp³-hybridized carbons (Fsp3) is 0.176. The van der Waals surface area contributed by atoms with Gasteiger partial charge in [0.1, 0.15) is 16.9 Å². The lowest BCUT2D eigenvalue weighted by molar-refractivity contribution is -0.137. The maximum absolute atomic E-state index is 13.8. The predicted molar refractivity (Wildman–Crippen MR) is 89.9 cm³/mol. The molecule has 6 nitrogen and oxygen atoms in total. The summed E-state index contributed by atoms with van der Waals surface area (Å²) in [6, 6.07) is 3.54. The predicted octanol–water partition coefficient (Wildman–Crippen LogP) is 3.44. The van der Waals surface area contributed by atoms with Crippen LogP contribution >= 0.6 is 0 Å². The molecule has 0 bridgehead atoms. The van der Waals surface area contributed by atoms with E-state index in [0.29, 0.717) is 11.6 Å². The van der Waals surface area contributed by atoms with Crippen molar-refractivity contribution in [2.45, 2.75) is 13.1 Å². The molecule has 0 aliphatic carbocycles. The Bertz CT molecular complexity index is 1020. The number of benzene rings is 1. The molecular weight excluding hydrogens is 366 g/mol. The van der Waals surface area contributed by atoms with Crippen LogP contribution < -0.4 is 10.6 Å². The van der Waals surface area contributed by atoms with Crippen molar-refractivity contribution in [3.63, 3.8) is 0 Å². The number of anilines is 2. The Morgan fingerprint density at radius 2 is 1.96 bits per heavy atom. The van der Waals surface area contributed by atoms with Crippen LogP contribution in [0.25, 0.3) is 11.0 Å². The number of nitrogens with two attached hydrogens (primary N) is 1. The molecule has 140 valence electrons. The van der Waals surface area contributed by atoms with E-state index in [1.807, 2.05) is 0 Å². The van der Waals surface area contributed by atoms with Crippen LogP contribution in [-0.2, 0) is 6.18 Å². The Labute approximate surface area is 150 Å². The smallest absolute Gasteiger partial charge is 0.366 e. The van der Waals surface area contributed by atoms with Crippen molar-refractivity contribution < 1.29 is 22.4 Å². The van der Waals surface area contributed by atoms with Crippen molar-refractivity contribution in [1.29, 1.82) is 0 Å². The number of fused-ring (bicyclic) bond motifs is 1. The quantitative estimate of drug-likeness (QED) is 0.702. The third kappa shape index (κ3) is 3.64. The van der Waals surface area contributed by atoms with Crippen LogP contribution in [-0.4, -0.2) is 27.4 Å². The Hall–Kier alpha value is -3.30. The van der Waals surface area contributed by atoms with Gasteiger partial charge in [-0.25, -0.2) is 14.4 Å². The number of amides is 1. The van der Waals surface area contributed by atoms with Crippen LogP contribution in [0.3, 0.4) is 0 Å². The second-order valence-electron chi connectivity index (χ2n) is 5.57. The van der Waals surface area contributed by atoms with Gasteiger partial charge in [0.05, 0.1) is 17.3 Å². The van der Waals surface area contributed by atoms with E-state index in [-0.39, 0.29) is 29.3 Å². The monoisotopic (exact) mass is 379 g/mol. The van der Waals surface area contributed by atoms with Gasteiger partial charge in [-0.3, -0.25) is 9.78 Å². The second kappa shape index (κ2) is 6.78. The van der Waals surface area contributed by atoms with Gasteiger partial charge in [0.2, 0.25) is 5.95 Å². The number of alkyl halides is 3. The highest BCUT2D eigenvalue weighted by molar-refractivity contribution is 6.03. The van der Waals surface area contributed by atoms with Crippen molar-refractivity contribution in [3.8, 4) is 0 Å². The first-order chi connectivity index (χ1) is 12.7. The summed E-state index contributed by atoms with van der Waals surface area (Å²) in [5.74, 6) is -1.79. The van der Waals surface area contributed by atoms with Crippen LogP contribution in [0.5, 0.6) is 0 Å². The number of nitrogens with zero attached hydrogens (tertiary/aromatic N) is 4. The van der Waals surface area contributed by atoms with E-state index in [0.717, 1.165) is 12.1 Å². The van der Waals surface area contributed by atoms with Crippen LogP contribution in [0, 0.1) is 5.82 Å². The molecule has 10 heteroatoms. The van der Waals surface area contributed by atoms with Crippen molar-refractivity contribution in [1.82, 2.24) is 15.0 Å². The molecule has 1 amide bonds. The van der Waals surface area contributed by atoms with E-state index in [1.165, 1.54) is 23.4 Å². The second-order valence-corrected chi connectivity index (χ2v) is 5.57. The average Bonchev–Trinajstić information content (AvgIpc) is 2.60. The van der Waals surface area contributed by atoms with Crippen molar-refractivity contribution >= 4 is 28.6 Å². The average molecular weight is 379 g/mol. The number of hydrogen-bond donors (Lipinski definition) is 1. The minimum Gasteiger partial charge on any atom is -0.366 e. The number of rotatable bonds is 4. The number of aromatic nitrogens is 3. The van der Waals surface area contributed by atoms with Gasteiger partial charge < -0.3 is 10.6 Å². The maximum Gasteiger partial charge on any atom is 0.416 e. The SMILES string of the molecule is CCN(c1cc(F)cc(C(F)(F)F)c1)c1ncc2nccc(C(N)=O)c2n1. The minimum atomic E-state index is -4.70. The Morgan fingerprint density at radius 3 is 2.59 bits per heavy atom. The van der Waals surface area contributed by atoms with E-state index in [4.69, 9.17) is 5.73 Å². The largest absolute Gasteiger partial charge is 0.416 e. The highest BCUT2D eigenvalue weighted by Crippen LogP contribution is 2.34. The lowest BCUT2D eigenvalue weighted by Gasteiger charge is -2.22. The van der Waals surface area contributed by atoms with Crippen LogP contribution in [0.2, 0.25) is 0 Å².